The standard InChI is InChI=1S/C15H13BrO3/c16-12-7-10-5-6-18-15(10)11(8-12)9-19-14-4-2-1-3-13(14)17/h1-4,7-8,17H,5-6,9H2. The highest BCUT2D eigenvalue weighted by Crippen LogP contribution is 2.34. The fraction of sp³-hybridized carbons (Fsp3) is 0.200. The molecule has 0 amide bonds. The number of halogens is 1. The number of para-hydroxylation sites is 2. The van der Waals surface area contributed by atoms with Gasteiger partial charge in [0.05, 0.1) is 6.61 Å². The van der Waals surface area contributed by atoms with Crippen LogP contribution in [0.15, 0.2) is 40.9 Å². The van der Waals surface area contributed by atoms with E-state index in [1.165, 1.54) is 5.56 Å². The monoisotopic (exact) mass is 320 g/mol. The Morgan fingerprint density at radius 1 is 1.26 bits per heavy atom. The fourth-order valence-corrected chi connectivity index (χ4v) is 2.74. The second-order valence-corrected chi connectivity index (χ2v) is 5.32. The number of phenolic OH excluding ortho intramolecular Hbond substituents is 1. The molecule has 0 saturated heterocycles. The zero-order valence-corrected chi connectivity index (χ0v) is 11.8. The molecule has 3 nitrogen and oxygen atoms in total. The molecule has 0 atom stereocenters. The van der Waals surface area contributed by atoms with Gasteiger partial charge in [0.25, 0.3) is 0 Å². The Bertz CT molecular complexity index is 610. The highest BCUT2D eigenvalue weighted by Gasteiger charge is 2.18. The minimum atomic E-state index is 0.148. The van der Waals surface area contributed by atoms with Gasteiger partial charge in [-0.15, -0.1) is 0 Å². The van der Waals surface area contributed by atoms with E-state index in [2.05, 4.69) is 22.0 Å². The number of fused-ring (bicyclic) bond motifs is 1. The Morgan fingerprint density at radius 3 is 2.95 bits per heavy atom. The number of hydrogen-bond donors (Lipinski definition) is 1. The Labute approximate surface area is 119 Å². The van der Waals surface area contributed by atoms with Crippen molar-refractivity contribution in [3.8, 4) is 17.2 Å². The lowest BCUT2D eigenvalue weighted by Crippen LogP contribution is -1.99. The molecule has 19 heavy (non-hydrogen) atoms. The van der Waals surface area contributed by atoms with Crippen LogP contribution in [0.2, 0.25) is 0 Å². The van der Waals surface area contributed by atoms with E-state index in [1.807, 2.05) is 12.1 Å². The first kappa shape index (κ1) is 12.4. The molecule has 2 aromatic carbocycles. The van der Waals surface area contributed by atoms with E-state index in [-0.39, 0.29) is 5.75 Å². The Hall–Kier alpha value is -1.68. The van der Waals surface area contributed by atoms with E-state index in [0.717, 1.165) is 28.8 Å². The van der Waals surface area contributed by atoms with E-state index in [4.69, 9.17) is 9.47 Å². The minimum Gasteiger partial charge on any atom is -0.504 e. The molecule has 0 aromatic heterocycles. The van der Waals surface area contributed by atoms with Gasteiger partial charge < -0.3 is 14.6 Å². The van der Waals surface area contributed by atoms with Gasteiger partial charge in [0.2, 0.25) is 0 Å². The molecule has 0 saturated carbocycles. The summed E-state index contributed by atoms with van der Waals surface area (Å²) in [5.74, 6) is 1.54. The summed E-state index contributed by atoms with van der Waals surface area (Å²) in [7, 11) is 0. The lowest BCUT2D eigenvalue weighted by Gasteiger charge is -2.11. The molecule has 3 rings (SSSR count). The smallest absolute Gasteiger partial charge is 0.161 e. The number of ether oxygens (including phenoxy) is 2. The quantitative estimate of drug-likeness (QED) is 0.937. The van der Waals surface area contributed by atoms with Crippen molar-refractivity contribution < 1.29 is 14.6 Å². The van der Waals surface area contributed by atoms with Crippen LogP contribution >= 0.6 is 15.9 Å². The number of phenols is 1. The molecule has 1 aliphatic heterocycles. The summed E-state index contributed by atoms with van der Waals surface area (Å²) < 4.78 is 12.3. The maximum atomic E-state index is 9.67. The first-order chi connectivity index (χ1) is 9.24. The molecular formula is C15H13BrO3. The van der Waals surface area contributed by atoms with Crippen LogP contribution < -0.4 is 9.47 Å². The SMILES string of the molecule is Oc1ccccc1OCc1cc(Br)cc2c1OCC2. The van der Waals surface area contributed by atoms with E-state index in [1.54, 1.807) is 18.2 Å². The fourth-order valence-electron chi connectivity index (χ4n) is 2.19. The topological polar surface area (TPSA) is 38.7 Å². The van der Waals surface area contributed by atoms with Gasteiger partial charge >= 0.3 is 0 Å². The number of rotatable bonds is 3. The highest BCUT2D eigenvalue weighted by atomic mass is 79.9. The van der Waals surface area contributed by atoms with Crippen molar-refractivity contribution in [2.45, 2.75) is 13.0 Å². The summed E-state index contributed by atoms with van der Waals surface area (Å²) in [6, 6.07) is 11.0. The van der Waals surface area contributed by atoms with E-state index in [0.29, 0.717) is 12.4 Å². The van der Waals surface area contributed by atoms with Gasteiger partial charge in [-0.3, -0.25) is 0 Å². The van der Waals surface area contributed by atoms with Gasteiger partial charge in [0.15, 0.2) is 11.5 Å². The van der Waals surface area contributed by atoms with Crippen LogP contribution in [-0.2, 0) is 13.0 Å². The highest BCUT2D eigenvalue weighted by molar-refractivity contribution is 9.10. The largest absolute Gasteiger partial charge is 0.504 e. The van der Waals surface area contributed by atoms with Crippen LogP contribution in [0, 0.1) is 0 Å². The molecule has 0 unspecified atom stereocenters. The second kappa shape index (κ2) is 5.13. The first-order valence-corrected chi connectivity index (χ1v) is 6.88. The van der Waals surface area contributed by atoms with Gasteiger partial charge in [-0.2, -0.15) is 0 Å². The summed E-state index contributed by atoms with van der Waals surface area (Å²) in [6.45, 7) is 1.09. The lowest BCUT2D eigenvalue weighted by molar-refractivity contribution is 0.278. The Balaban J connectivity index is 1.83. The van der Waals surface area contributed by atoms with E-state index < -0.39 is 0 Å². The van der Waals surface area contributed by atoms with Crippen molar-refractivity contribution in [3.63, 3.8) is 0 Å². The molecule has 4 heteroatoms. The van der Waals surface area contributed by atoms with Crippen molar-refractivity contribution >= 4 is 15.9 Å². The molecule has 0 aliphatic carbocycles. The summed E-state index contributed by atoms with van der Waals surface area (Å²) in [5.41, 5.74) is 2.19. The molecule has 98 valence electrons. The molecule has 1 heterocycles. The molecule has 0 radical (unpaired) electrons. The maximum absolute atomic E-state index is 9.67. The van der Waals surface area contributed by atoms with Crippen LogP contribution in [0.1, 0.15) is 11.1 Å². The third-order valence-electron chi connectivity index (χ3n) is 3.07. The predicted octanol–water partition coefficient (Wildman–Crippen LogP) is 3.67. The first-order valence-electron chi connectivity index (χ1n) is 6.09. The lowest BCUT2D eigenvalue weighted by atomic mass is 10.1. The van der Waals surface area contributed by atoms with E-state index in [9.17, 15) is 5.11 Å². The van der Waals surface area contributed by atoms with Crippen LogP contribution in [-0.4, -0.2) is 11.7 Å². The van der Waals surface area contributed by atoms with Crippen molar-refractivity contribution in [3.05, 3.63) is 52.0 Å². The van der Waals surface area contributed by atoms with E-state index >= 15 is 0 Å². The average molecular weight is 321 g/mol. The number of aromatic hydroxyl groups is 1. The number of hydrogen-bond acceptors (Lipinski definition) is 3. The van der Waals surface area contributed by atoms with Gasteiger partial charge in [-0.05, 0) is 29.8 Å². The third kappa shape index (κ3) is 2.54. The predicted molar refractivity (Wildman–Crippen MR) is 75.8 cm³/mol. The zero-order valence-electron chi connectivity index (χ0n) is 10.2. The van der Waals surface area contributed by atoms with Gasteiger partial charge in [-0.1, -0.05) is 28.1 Å². The Kier molecular flexibility index (Phi) is 3.34. The van der Waals surface area contributed by atoms with Crippen LogP contribution in [0.4, 0.5) is 0 Å². The molecule has 0 fully saturated rings. The van der Waals surface area contributed by atoms with Crippen molar-refractivity contribution in [2.75, 3.05) is 6.61 Å². The van der Waals surface area contributed by atoms with Gasteiger partial charge in [-0.25, -0.2) is 0 Å². The van der Waals surface area contributed by atoms with Crippen LogP contribution in [0.5, 0.6) is 17.2 Å². The normalized spacial score (nSPS) is 12.9. The Morgan fingerprint density at radius 2 is 2.11 bits per heavy atom. The molecule has 0 spiro atoms. The number of benzene rings is 2. The van der Waals surface area contributed by atoms with Crippen LogP contribution in [0.3, 0.4) is 0 Å². The average Bonchev–Trinajstić information content (AvgIpc) is 2.85. The van der Waals surface area contributed by atoms with Crippen LogP contribution in [0.25, 0.3) is 0 Å². The van der Waals surface area contributed by atoms with Crippen molar-refractivity contribution in [2.24, 2.45) is 0 Å². The molecule has 1 N–H and O–H groups in total. The second-order valence-electron chi connectivity index (χ2n) is 4.41. The molecule has 0 bridgehead atoms. The molecule has 2 aromatic rings. The zero-order chi connectivity index (χ0) is 13.2. The van der Waals surface area contributed by atoms with Gasteiger partial charge in [0.1, 0.15) is 12.4 Å². The summed E-state index contributed by atoms with van der Waals surface area (Å²) in [6.07, 6.45) is 0.929. The molecular weight excluding hydrogens is 308 g/mol. The third-order valence-corrected chi connectivity index (χ3v) is 3.53. The summed E-state index contributed by atoms with van der Waals surface area (Å²) in [4.78, 5) is 0. The summed E-state index contributed by atoms with van der Waals surface area (Å²) >= 11 is 3.50. The van der Waals surface area contributed by atoms with Crippen molar-refractivity contribution in [1.29, 1.82) is 0 Å². The van der Waals surface area contributed by atoms with Crippen molar-refractivity contribution in [1.82, 2.24) is 0 Å². The van der Waals surface area contributed by atoms with Gasteiger partial charge in [0, 0.05) is 16.5 Å². The minimum absolute atomic E-state index is 0.148. The summed E-state index contributed by atoms with van der Waals surface area (Å²) in [5, 5.41) is 9.67. The maximum Gasteiger partial charge on any atom is 0.161 e. The molecule has 1 aliphatic rings.